The molecule has 0 N–H and O–H groups in total. The van der Waals surface area contributed by atoms with E-state index < -0.39 is 0 Å². The molecule has 0 fully saturated rings. The van der Waals surface area contributed by atoms with E-state index in [0.717, 1.165) is 25.0 Å². The Bertz CT molecular complexity index is 540. The third-order valence-electron chi connectivity index (χ3n) is 3.69. The highest BCUT2D eigenvalue weighted by Gasteiger charge is 2.26. The molecule has 2 heteroatoms. The van der Waals surface area contributed by atoms with Gasteiger partial charge in [-0.3, -0.25) is 4.79 Å². The fourth-order valence-corrected chi connectivity index (χ4v) is 2.80. The van der Waals surface area contributed by atoms with Crippen LogP contribution in [0.1, 0.15) is 35.6 Å². The van der Waals surface area contributed by atoms with Crippen LogP contribution in [0.5, 0.6) is 0 Å². The van der Waals surface area contributed by atoms with Crippen LogP contribution in [0.3, 0.4) is 0 Å². The number of furan rings is 1. The van der Waals surface area contributed by atoms with Gasteiger partial charge in [0.25, 0.3) is 0 Å². The van der Waals surface area contributed by atoms with Crippen molar-refractivity contribution in [2.75, 3.05) is 0 Å². The van der Waals surface area contributed by atoms with Crippen LogP contribution >= 0.6 is 0 Å². The van der Waals surface area contributed by atoms with Crippen molar-refractivity contribution >= 4 is 5.78 Å². The second-order valence-electron chi connectivity index (χ2n) is 4.87. The SMILES string of the molecule is O=C(Cc1ccco1)C1CCCc2ccccc21. The average molecular weight is 240 g/mol. The van der Waals surface area contributed by atoms with Crippen molar-refractivity contribution in [1.29, 1.82) is 0 Å². The molecule has 1 unspecified atom stereocenters. The molecule has 2 nitrogen and oxygen atoms in total. The maximum absolute atomic E-state index is 12.4. The number of hydrogen-bond donors (Lipinski definition) is 0. The Morgan fingerprint density at radius 2 is 2.11 bits per heavy atom. The molecule has 1 heterocycles. The zero-order valence-corrected chi connectivity index (χ0v) is 10.3. The summed E-state index contributed by atoms with van der Waals surface area (Å²) in [6, 6.07) is 12.0. The van der Waals surface area contributed by atoms with E-state index in [1.165, 1.54) is 11.1 Å². The summed E-state index contributed by atoms with van der Waals surface area (Å²) >= 11 is 0. The number of carbonyl (C=O) groups excluding carboxylic acids is 1. The van der Waals surface area contributed by atoms with Gasteiger partial charge in [0.15, 0.2) is 0 Å². The summed E-state index contributed by atoms with van der Waals surface area (Å²) in [5, 5.41) is 0. The summed E-state index contributed by atoms with van der Waals surface area (Å²) in [6.07, 6.45) is 5.20. The summed E-state index contributed by atoms with van der Waals surface area (Å²) in [5.74, 6) is 1.10. The fraction of sp³-hybridized carbons (Fsp3) is 0.312. The highest BCUT2D eigenvalue weighted by molar-refractivity contribution is 5.87. The molecule has 0 saturated heterocycles. The number of rotatable bonds is 3. The highest BCUT2D eigenvalue weighted by atomic mass is 16.3. The van der Waals surface area contributed by atoms with Crippen molar-refractivity contribution in [1.82, 2.24) is 0 Å². The standard InChI is InChI=1S/C16H16O2/c17-16(11-13-7-4-10-18-13)15-9-3-6-12-5-1-2-8-14(12)15/h1-2,4-5,7-8,10,15H,3,6,9,11H2. The number of benzene rings is 1. The van der Waals surface area contributed by atoms with Gasteiger partial charge in [0, 0.05) is 5.92 Å². The van der Waals surface area contributed by atoms with Crippen LogP contribution in [-0.4, -0.2) is 5.78 Å². The third kappa shape index (κ3) is 2.10. The first-order chi connectivity index (χ1) is 8.84. The van der Waals surface area contributed by atoms with Crippen LogP contribution in [0.2, 0.25) is 0 Å². The Morgan fingerprint density at radius 1 is 1.22 bits per heavy atom. The van der Waals surface area contributed by atoms with Gasteiger partial charge < -0.3 is 4.42 Å². The highest BCUT2D eigenvalue weighted by Crippen LogP contribution is 2.32. The molecule has 1 aromatic heterocycles. The molecule has 0 aliphatic heterocycles. The van der Waals surface area contributed by atoms with E-state index in [-0.39, 0.29) is 11.7 Å². The lowest BCUT2D eigenvalue weighted by Crippen LogP contribution is -2.20. The lowest BCUT2D eigenvalue weighted by molar-refractivity contribution is -0.120. The van der Waals surface area contributed by atoms with Crippen LogP contribution < -0.4 is 0 Å². The Morgan fingerprint density at radius 3 is 2.94 bits per heavy atom. The summed E-state index contributed by atoms with van der Waals surface area (Å²) < 4.78 is 5.26. The summed E-state index contributed by atoms with van der Waals surface area (Å²) in [4.78, 5) is 12.4. The average Bonchev–Trinajstić information content (AvgIpc) is 2.91. The van der Waals surface area contributed by atoms with Crippen molar-refractivity contribution in [3.05, 3.63) is 59.5 Å². The molecule has 0 spiro atoms. The van der Waals surface area contributed by atoms with Gasteiger partial charge in [-0.2, -0.15) is 0 Å². The Kier molecular flexibility index (Phi) is 3.01. The smallest absolute Gasteiger partial charge is 0.147 e. The lowest BCUT2D eigenvalue weighted by atomic mass is 9.79. The van der Waals surface area contributed by atoms with E-state index in [4.69, 9.17) is 4.42 Å². The van der Waals surface area contributed by atoms with Crippen molar-refractivity contribution in [2.24, 2.45) is 0 Å². The molecule has 92 valence electrons. The van der Waals surface area contributed by atoms with Crippen LogP contribution in [0, 0.1) is 0 Å². The minimum Gasteiger partial charge on any atom is -0.469 e. The number of carbonyl (C=O) groups is 1. The topological polar surface area (TPSA) is 30.2 Å². The van der Waals surface area contributed by atoms with Crippen molar-refractivity contribution in [2.45, 2.75) is 31.6 Å². The van der Waals surface area contributed by atoms with E-state index in [1.807, 2.05) is 18.2 Å². The van der Waals surface area contributed by atoms with E-state index >= 15 is 0 Å². The first-order valence-electron chi connectivity index (χ1n) is 6.47. The van der Waals surface area contributed by atoms with E-state index in [0.29, 0.717) is 6.42 Å². The molecule has 0 saturated carbocycles. The maximum atomic E-state index is 12.4. The summed E-state index contributed by atoms with van der Waals surface area (Å²) in [6.45, 7) is 0. The molecular formula is C16H16O2. The van der Waals surface area contributed by atoms with Gasteiger partial charge in [-0.1, -0.05) is 24.3 Å². The monoisotopic (exact) mass is 240 g/mol. The molecule has 3 rings (SSSR count). The number of aryl methyl sites for hydroxylation is 1. The minimum atomic E-state index is 0.0556. The molecule has 18 heavy (non-hydrogen) atoms. The molecule has 1 aliphatic rings. The molecule has 2 aromatic rings. The lowest BCUT2D eigenvalue weighted by Gasteiger charge is -2.24. The Balaban J connectivity index is 1.83. The summed E-state index contributed by atoms with van der Waals surface area (Å²) in [5.41, 5.74) is 2.56. The van der Waals surface area contributed by atoms with Crippen LogP contribution in [-0.2, 0) is 17.6 Å². The normalized spacial score (nSPS) is 18.3. The number of Topliss-reactive ketones (excluding diaryl/α,β-unsaturated/α-hetero) is 1. The van der Waals surface area contributed by atoms with Gasteiger partial charge in [0.1, 0.15) is 11.5 Å². The fourth-order valence-electron chi connectivity index (χ4n) is 2.80. The zero-order valence-electron chi connectivity index (χ0n) is 10.3. The zero-order chi connectivity index (χ0) is 12.4. The molecule has 1 atom stereocenters. The van der Waals surface area contributed by atoms with E-state index in [1.54, 1.807) is 6.26 Å². The molecule has 0 radical (unpaired) electrons. The number of fused-ring (bicyclic) bond motifs is 1. The van der Waals surface area contributed by atoms with Gasteiger partial charge in [0.2, 0.25) is 0 Å². The van der Waals surface area contributed by atoms with E-state index in [2.05, 4.69) is 18.2 Å². The quantitative estimate of drug-likeness (QED) is 0.821. The van der Waals surface area contributed by atoms with Crippen molar-refractivity contribution < 1.29 is 9.21 Å². The minimum absolute atomic E-state index is 0.0556. The number of hydrogen-bond acceptors (Lipinski definition) is 2. The van der Waals surface area contributed by atoms with Crippen LogP contribution in [0.25, 0.3) is 0 Å². The van der Waals surface area contributed by atoms with Gasteiger partial charge >= 0.3 is 0 Å². The van der Waals surface area contributed by atoms with Gasteiger partial charge in [-0.15, -0.1) is 0 Å². The van der Waals surface area contributed by atoms with Gasteiger partial charge in [-0.05, 0) is 42.5 Å². The third-order valence-corrected chi connectivity index (χ3v) is 3.69. The predicted octanol–water partition coefficient (Wildman–Crippen LogP) is 3.51. The Labute approximate surface area is 107 Å². The second kappa shape index (κ2) is 4.81. The first kappa shape index (κ1) is 11.3. The van der Waals surface area contributed by atoms with Gasteiger partial charge in [-0.25, -0.2) is 0 Å². The Hall–Kier alpha value is -1.83. The van der Waals surface area contributed by atoms with E-state index in [9.17, 15) is 4.79 Å². The molecule has 0 amide bonds. The molecule has 1 aromatic carbocycles. The predicted molar refractivity (Wildman–Crippen MR) is 69.5 cm³/mol. The van der Waals surface area contributed by atoms with Gasteiger partial charge in [0.05, 0.1) is 12.7 Å². The maximum Gasteiger partial charge on any atom is 0.147 e. The first-order valence-corrected chi connectivity index (χ1v) is 6.47. The second-order valence-corrected chi connectivity index (χ2v) is 4.87. The van der Waals surface area contributed by atoms with Crippen LogP contribution in [0.4, 0.5) is 0 Å². The largest absolute Gasteiger partial charge is 0.469 e. The molecule has 0 bridgehead atoms. The van der Waals surface area contributed by atoms with Crippen molar-refractivity contribution in [3.8, 4) is 0 Å². The molecule has 1 aliphatic carbocycles. The van der Waals surface area contributed by atoms with Crippen LogP contribution in [0.15, 0.2) is 47.1 Å². The molecular weight excluding hydrogens is 224 g/mol. The summed E-state index contributed by atoms with van der Waals surface area (Å²) in [7, 11) is 0. The van der Waals surface area contributed by atoms with Crippen molar-refractivity contribution in [3.63, 3.8) is 0 Å². The number of ketones is 1.